The van der Waals surface area contributed by atoms with Crippen molar-refractivity contribution in [2.75, 3.05) is 6.54 Å². The Hall–Kier alpha value is -3.08. The Labute approximate surface area is 162 Å². The van der Waals surface area contributed by atoms with Crippen LogP contribution in [-0.4, -0.2) is 22.3 Å². The van der Waals surface area contributed by atoms with E-state index < -0.39 is 0 Å². The minimum Gasteiger partial charge on any atom is -0.330 e. The molecule has 0 bridgehead atoms. The topological polar surface area (TPSA) is 33.2 Å². The molecule has 1 saturated heterocycles. The molecule has 142 valence electrons. The molecule has 0 unspecified atom stereocenters. The minimum atomic E-state index is -0.360. The number of hydrogen-bond acceptors (Lipinski definition) is 2. The fraction of sp³-hybridized carbons (Fsp3) is 0.217. The summed E-state index contributed by atoms with van der Waals surface area (Å²) in [7, 11) is 0. The van der Waals surface area contributed by atoms with Crippen LogP contribution in [0.5, 0.6) is 0 Å². The largest absolute Gasteiger partial charge is 0.330 e. The van der Waals surface area contributed by atoms with E-state index in [1.54, 1.807) is 6.07 Å². The van der Waals surface area contributed by atoms with Crippen molar-refractivity contribution >= 4 is 5.91 Å². The van der Waals surface area contributed by atoms with Crippen LogP contribution in [0.3, 0.4) is 0 Å². The molecule has 1 atom stereocenters. The number of amides is 1. The van der Waals surface area contributed by atoms with Gasteiger partial charge < -0.3 is 4.90 Å². The van der Waals surface area contributed by atoms with E-state index in [1.807, 2.05) is 29.2 Å². The standard InChI is InChI=1S/C23H20F2N2O/c24-18-11-9-17(10-12-18)23(28)27-13-3-8-22(27)21-7-2-6-20(26-21)15-16-4-1-5-19(25)14-16/h1-2,4-7,9-12,14,22H,3,8,13,15H2/t22-/m0/s1. The van der Waals surface area contributed by atoms with Gasteiger partial charge in [-0.3, -0.25) is 9.78 Å². The molecule has 3 aromatic rings. The first-order valence-corrected chi connectivity index (χ1v) is 9.37. The molecule has 0 aliphatic carbocycles. The lowest BCUT2D eigenvalue weighted by atomic mass is 10.1. The highest BCUT2D eigenvalue weighted by atomic mass is 19.1. The van der Waals surface area contributed by atoms with Crippen molar-refractivity contribution in [3.63, 3.8) is 0 Å². The molecule has 1 amide bonds. The van der Waals surface area contributed by atoms with Gasteiger partial charge in [-0.2, -0.15) is 0 Å². The van der Waals surface area contributed by atoms with E-state index in [0.717, 1.165) is 29.8 Å². The summed E-state index contributed by atoms with van der Waals surface area (Å²) < 4.78 is 26.6. The van der Waals surface area contributed by atoms with Crippen LogP contribution in [0.4, 0.5) is 8.78 Å². The number of halogens is 2. The average molecular weight is 378 g/mol. The zero-order valence-electron chi connectivity index (χ0n) is 15.3. The Morgan fingerprint density at radius 3 is 2.57 bits per heavy atom. The molecule has 0 radical (unpaired) electrons. The molecule has 2 aromatic carbocycles. The molecule has 0 saturated carbocycles. The zero-order chi connectivity index (χ0) is 19.5. The summed E-state index contributed by atoms with van der Waals surface area (Å²) in [5.41, 5.74) is 3.01. The van der Waals surface area contributed by atoms with E-state index in [1.165, 1.54) is 36.4 Å². The first-order chi connectivity index (χ1) is 13.6. The highest BCUT2D eigenvalue weighted by Crippen LogP contribution is 2.32. The lowest BCUT2D eigenvalue weighted by molar-refractivity contribution is 0.0732. The predicted molar refractivity (Wildman–Crippen MR) is 103 cm³/mol. The van der Waals surface area contributed by atoms with Gasteiger partial charge in [-0.25, -0.2) is 8.78 Å². The van der Waals surface area contributed by atoms with Gasteiger partial charge in [0.1, 0.15) is 11.6 Å². The van der Waals surface area contributed by atoms with Crippen LogP contribution < -0.4 is 0 Å². The third kappa shape index (κ3) is 3.93. The van der Waals surface area contributed by atoms with Crippen molar-refractivity contribution in [1.82, 2.24) is 9.88 Å². The Kier molecular flexibility index (Phi) is 5.15. The summed E-state index contributed by atoms with van der Waals surface area (Å²) in [6.07, 6.45) is 2.26. The van der Waals surface area contributed by atoms with Crippen molar-refractivity contribution in [3.05, 3.63) is 101 Å². The number of hydrogen-bond donors (Lipinski definition) is 0. The fourth-order valence-corrected chi connectivity index (χ4v) is 3.71. The fourth-order valence-electron chi connectivity index (χ4n) is 3.71. The van der Waals surface area contributed by atoms with Gasteiger partial charge in [0.2, 0.25) is 0 Å². The zero-order valence-corrected chi connectivity index (χ0v) is 15.3. The normalized spacial score (nSPS) is 16.4. The summed E-state index contributed by atoms with van der Waals surface area (Å²) in [4.78, 5) is 19.4. The molecular weight excluding hydrogens is 358 g/mol. The predicted octanol–water partition coefficient (Wildman–Crippen LogP) is 4.93. The monoisotopic (exact) mass is 378 g/mol. The molecule has 1 fully saturated rings. The number of benzene rings is 2. The second-order valence-corrected chi connectivity index (χ2v) is 7.02. The average Bonchev–Trinajstić information content (AvgIpc) is 3.18. The molecule has 1 aliphatic rings. The summed E-state index contributed by atoms with van der Waals surface area (Å²) >= 11 is 0. The van der Waals surface area contributed by atoms with E-state index in [4.69, 9.17) is 4.98 Å². The first kappa shape index (κ1) is 18.3. The highest BCUT2D eigenvalue weighted by Gasteiger charge is 2.31. The van der Waals surface area contributed by atoms with Gasteiger partial charge in [-0.05, 0) is 66.9 Å². The molecule has 28 heavy (non-hydrogen) atoms. The SMILES string of the molecule is O=C(c1ccc(F)cc1)N1CCC[C@H]1c1cccc(Cc2cccc(F)c2)n1. The highest BCUT2D eigenvalue weighted by molar-refractivity contribution is 5.94. The van der Waals surface area contributed by atoms with Gasteiger partial charge in [0.15, 0.2) is 0 Å². The third-order valence-corrected chi connectivity index (χ3v) is 5.05. The number of carbonyl (C=O) groups is 1. The Morgan fingerprint density at radius 2 is 1.79 bits per heavy atom. The maximum absolute atomic E-state index is 13.4. The number of likely N-dealkylation sites (tertiary alicyclic amines) is 1. The second-order valence-electron chi connectivity index (χ2n) is 7.02. The first-order valence-electron chi connectivity index (χ1n) is 9.37. The van der Waals surface area contributed by atoms with E-state index in [0.29, 0.717) is 18.5 Å². The molecule has 5 heteroatoms. The second kappa shape index (κ2) is 7.89. The number of pyridine rings is 1. The Bertz CT molecular complexity index is 988. The molecule has 4 rings (SSSR count). The third-order valence-electron chi connectivity index (χ3n) is 5.05. The van der Waals surface area contributed by atoms with Crippen molar-refractivity contribution in [1.29, 1.82) is 0 Å². The van der Waals surface area contributed by atoms with Gasteiger partial charge in [-0.1, -0.05) is 18.2 Å². The number of carbonyl (C=O) groups excluding carboxylic acids is 1. The van der Waals surface area contributed by atoms with Gasteiger partial charge in [0.05, 0.1) is 11.7 Å². The van der Waals surface area contributed by atoms with Gasteiger partial charge >= 0.3 is 0 Å². The Balaban J connectivity index is 1.56. The van der Waals surface area contributed by atoms with Crippen molar-refractivity contribution < 1.29 is 13.6 Å². The number of aromatic nitrogens is 1. The van der Waals surface area contributed by atoms with E-state index in [9.17, 15) is 13.6 Å². The molecular formula is C23H20F2N2O. The summed E-state index contributed by atoms with van der Waals surface area (Å²) in [6.45, 7) is 0.649. The summed E-state index contributed by atoms with van der Waals surface area (Å²) in [5, 5.41) is 0. The minimum absolute atomic E-state index is 0.106. The molecule has 1 aromatic heterocycles. The van der Waals surface area contributed by atoms with Gasteiger partial charge in [-0.15, -0.1) is 0 Å². The maximum atomic E-state index is 13.4. The number of nitrogens with zero attached hydrogens (tertiary/aromatic N) is 2. The van der Waals surface area contributed by atoms with Crippen LogP contribution in [-0.2, 0) is 6.42 Å². The smallest absolute Gasteiger partial charge is 0.254 e. The molecule has 3 nitrogen and oxygen atoms in total. The van der Waals surface area contributed by atoms with Crippen molar-refractivity contribution in [2.24, 2.45) is 0 Å². The molecule has 0 spiro atoms. The van der Waals surface area contributed by atoms with Crippen molar-refractivity contribution in [3.8, 4) is 0 Å². The maximum Gasteiger partial charge on any atom is 0.254 e. The Morgan fingerprint density at radius 1 is 1.00 bits per heavy atom. The van der Waals surface area contributed by atoms with Crippen LogP contribution in [0.2, 0.25) is 0 Å². The van der Waals surface area contributed by atoms with Crippen LogP contribution >= 0.6 is 0 Å². The van der Waals surface area contributed by atoms with Crippen molar-refractivity contribution in [2.45, 2.75) is 25.3 Å². The van der Waals surface area contributed by atoms with E-state index >= 15 is 0 Å². The van der Waals surface area contributed by atoms with Crippen LogP contribution in [0.25, 0.3) is 0 Å². The molecule has 0 N–H and O–H groups in total. The van der Waals surface area contributed by atoms with E-state index in [2.05, 4.69) is 0 Å². The van der Waals surface area contributed by atoms with Gasteiger partial charge in [0, 0.05) is 24.2 Å². The lowest BCUT2D eigenvalue weighted by Crippen LogP contribution is -2.31. The van der Waals surface area contributed by atoms with Crippen LogP contribution in [0.15, 0.2) is 66.7 Å². The van der Waals surface area contributed by atoms with Crippen LogP contribution in [0.1, 0.15) is 46.2 Å². The molecule has 2 heterocycles. The number of rotatable bonds is 4. The summed E-state index contributed by atoms with van der Waals surface area (Å²) in [5.74, 6) is -0.735. The summed E-state index contributed by atoms with van der Waals surface area (Å²) in [6, 6.07) is 17.8. The molecule has 1 aliphatic heterocycles. The quantitative estimate of drug-likeness (QED) is 0.645. The van der Waals surface area contributed by atoms with Crippen LogP contribution in [0, 0.1) is 11.6 Å². The van der Waals surface area contributed by atoms with Gasteiger partial charge in [0.25, 0.3) is 5.91 Å². The van der Waals surface area contributed by atoms with E-state index in [-0.39, 0.29) is 23.6 Å². The lowest BCUT2D eigenvalue weighted by Gasteiger charge is -2.25.